The Kier molecular flexibility index (Phi) is 10.2. The van der Waals surface area contributed by atoms with Gasteiger partial charge in [-0.15, -0.1) is 10.2 Å². The highest BCUT2D eigenvalue weighted by molar-refractivity contribution is 6.01. The molecule has 0 spiro atoms. The number of fused-ring (bicyclic) bond motifs is 2. The third kappa shape index (κ3) is 7.64. The highest BCUT2D eigenvalue weighted by Gasteiger charge is 2.41. The minimum atomic E-state index is -0.332. The van der Waals surface area contributed by atoms with Gasteiger partial charge in [-0.1, -0.05) is 24.3 Å². The first-order valence-electron chi connectivity index (χ1n) is 20.6. The van der Waals surface area contributed by atoms with Crippen LogP contribution in [0.15, 0.2) is 78.9 Å². The number of rotatable bonds is 9. The van der Waals surface area contributed by atoms with Crippen molar-refractivity contribution in [2.75, 3.05) is 71.6 Å². The van der Waals surface area contributed by atoms with Gasteiger partial charge >= 0.3 is 0 Å². The van der Waals surface area contributed by atoms with Crippen LogP contribution in [0.1, 0.15) is 51.4 Å². The van der Waals surface area contributed by atoms with E-state index in [0.717, 1.165) is 94.9 Å². The Morgan fingerprint density at radius 2 is 1.51 bits per heavy atom. The van der Waals surface area contributed by atoms with Gasteiger partial charge in [0, 0.05) is 99.6 Å². The highest BCUT2D eigenvalue weighted by atomic mass is 16.5. The molecular formula is C44H53N9O4. The van der Waals surface area contributed by atoms with Gasteiger partial charge in [0.1, 0.15) is 23.6 Å². The van der Waals surface area contributed by atoms with Gasteiger partial charge in [-0.05, 0) is 93.5 Å². The lowest BCUT2D eigenvalue weighted by atomic mass is 9.98. The third-order valence-electron chi connectivity index (χ3n) is 13.0. The molecule has 3 atom stereocenters. The number of nitrogens with two attached hydrogens (primary N) is 1. The van der Waals surface area contributed by atoms with Crippen molar-refractivity contribution in [2.45, 2.75) is 81.6 Å². The zero-order valence-corrected chi connectivity index (χ0v) is 32.7. The number of amides is 2. The predicted octanol–water partition coefficient (Wildman–Crippen LogP) is 5.04. The fourth-order valence-corrected chi connectivity index (χ4v) is 9.89. The number of piperazine rings is 1. The summed E-state index contributed by atoms with van der Waals surface area (Å²) in [5.74, 6) is 1.13. The number of nitrogens with one attached hydrogen (secondary N) is 1. The van der Waals surface area contributed by atoms with Crippen molar-refractivity contribution in [3.05, 3.63) is 78.9 Å². The maximum atomic E-state index is 12.5. The molecule has 5 aliphatic rings. The summed E-state index contributed by atoms with van der Waals surface area (Å²) in [6, 6.07) is 27.2. The number of nitrogens with zero attached hydrogens (tertiary/aromatic N) is 7. The second-order valence-corrected chi connectivity index (χ2v) is 16.4. The second-order valence-electron chi connectivity index (χ2n) is 16.4. The van der Waals surface area contributed by atoms with E-state index in [2.05, 4.69) is 77.6 Å². The number of carbonyl (C=O) groups is 2. The number of anilines is 5. The van der Waals surface area contributed by atoms with Crippen LogP contribution in [0.25, 0.3) is 11.3 Å². The number of para-hydroxylation sites is 1. The first kappa shape index (κ1) is 37.0. The topological polar surface area (TPSA) is 144 Å². The fourth-order valence-electron chi connectivity index (χ4n) is 9.89. The number of aromatic nitrogens is 2. The van der Waals surface area contributed by atoms with E-state index in [0.29, 0.717) is 48.0 Å². The highest BCUT2D eigenvalue weighted by Crippen LogP contribution is 2.40. The standard InChI is InChI=1S/C44H53N9O4/c1-49(39-14-15-42(55)46-44(39)56)30-6-4-7-31(24-30)51-20-16-29(17-21-51)50-22-18-35(19-23-50)57-36-9-5-8-32(25-36)53-33-12-13-34(53)28-52(27-33)40-26-38(47-48-43(40)45)37-10-2-3-11-41(37)54/h2-11,24-26,29,33-35,39,54H,12-23,27-28H2,1H3,(H2,45,48)(H,46,55,56)/t33-,34+,39-/m1/s1. The number of phenols is 1. The van der Waals surface area contributed by atoms with Gasteiger partial charge in [0.15, 0.2) is 5.82 Å². The summed E-state index contributed by atoms with van der Waals surface area (Å²) in [6.45, 7) is 5.77. The number of nitrogen functional groups attached to an aromatic ring is 1. The molecule has 0 radical (unpaired) electrons. The zero-order valence-electron chi connectivity index (χ0n) is 32.7. The molecule has 2 bridgehead atoms. The summed E-state index contributed by atoms with van der Waals surface area (Å²) in [6.07, 6.45) is 7.63. The number of likely N-dealkylation sites (N-methyl/N-ethyl adjacent to an activating group) is 1. The predicted molar refractivity (Wildman–Crippen MR) is 223 cm³/mol. The molecule has 4 aromatic rings. The molecule has 0 unspecified atom stereocenters. The van der Waals surface area contributed by atoms with Crippen molar-refractivity contribution in [1.29, 1.82) is 0 Å². The van der Waals surface area contributed by atoms with Crippen molar-refractivity contribution < 1.29 is 19.4 Å². The molecule has 5 aliphatic heterocycles. The molecule has 6 heterocycles. The molecule has 13 heteroatoms. The first-order chi connectivity index (χ1) is 27.8. The van der Waals surface area contributed by atoms with Gasteiger partial charge < -0.3 is 35.2 Å². The lowest BCUT2D eigenvalue weighted by molar-refractivity contribution is -0.134. The van der Waals surface area contributed by atoms with E-state index in [1.165, 1.54) is 11.4 Å². The largest absolute Gasteiger partial charge is 0.507 e. The average molecular weight is 772 g/mol. The van der Waals surface area contributed by atoms with E-state index in [9.17, 15) is 14.7 Å². The van der Waals surface area contributed by atoms with Gasteiger partial charge in [0.25, 0.3) is 0 Å². The maximum absolute atomic E-state index is 12.5. The maximum Gasteiger partial charge on any atom is 0.249 e. The van der Waals surface area contributed by atoms with Crippen molar-refractivity contribution >= 4 is 40.4 Å². The van der Waals surface area contributed by atoms with Crippen molar-refractivity contribution in [3.63, 3.8) is 0 Å². The molecule has 298 valence electrons. The smallest absolute Gasteiger partial charge is 0.249 e. The summed E-state index contributed by atoms with van der Waals surface area (Å²) < 4.78 is 6.68. The number of phenolic OH excluding ortho intramolecular Hbond substituents is 1. The van der Waals surface area contributed by atoms with Crippen LogP contribution in [0.5, 0.6) is 11.5 Å². The van der Waals surface area contributed by atoms with Crippen LogP contribution in [-0.4, -0.2) is 109 Å². The molecule has 13 nitrogen and oxygen atoms in total. The summed E-state index contributed by atoms with van der Waals surface area (Å²) in [5.41, 5.74) is 11.9. The Bertz CT molecular complexity index is 2090. The zero-order chi connectivity index (χ0) is 39.0. The van der Waals surface area contributed by atoms with Crippen LogP contribution >= 0.6 is 0 Å². The van der Waals surface area contributed by atoms with Crippen LogP contribution in [0.4, 0.5) is 28.6 Å². The van der Waals surface area contributed by atoms with Crippen LogP contribution in [0.2, 0.25) is 0 Å². The Morgan fingerprint density at radius 1 is 0.772 bits per heavy atom. The van der Waals surface area contributed by atoms with Crippen molar-refractivity contribution in [2.24, 2.45) is 0 Å². The van der Waals surface area contributed by atoms with Crippen molar-refractivity contribution in [1.82, 2.24) is 20.4 Å². The van der Waals surface area contributed by atoms with Gasteiger partial charge in [0.2, 0.25) is 11.8 Å². The van der Waals surface area contributed by atoms with E-state index >= 15 is 0 Å². The molecule has 0 aliphatic carbocycles. The molecule has 1 aromatic heterocycles. The summed E-state index contributed by atoms with van der Waals surface area (Å²) in [7, 11) is 1.94. The summed E-state index contributed by atoms with van der Waals surface area (Å²) in [5, 5.41) is 21.5. The number of aromatic hydroxyl groups is 1. The average Bonchev–Trinajstić information content (AvgIpc) is 3.50. The molecule has 57 heavy (non-hydrogen) atoms. The van der Waals surface area contributed by atoms with Gasteiger partial charge in [0.05, 0.1) is 11.4 Å². The van der Waals surface area contributed by atoms with Gasteiger partial charge in [-0.3, -0.25) is 19.8 Å². The Balaban J connectivity index is 0.768. The van der Waals surface area contributed by atoms with E-state index in [1.807, 2.05) is 36.2 Å². The Hall–Kier alpha value is -5.56. The monoisotopic (exact) mass is 771 g/mol. The molecule has 5 fully saturated rings. The van der Waals surface area contributed by atoms with Crippen LogP contribution in [-0.2, 0) is 9.59 Å². The number of imide groups is 1. The van der Waals surface area contributed by atoms with Crippen LogP contribution in [0, 0.1) is 0 Å². The van der Waals surface area contributed by atoms with E-state index in [1.54, 1.807) is 12.1 Å². The molecule has 0 saturated carbocycles. The number of benzene rings is 3. The molecule has 5 saturated heterocycles. The SMILES string of the molecule is CN(c1cccc(N2CCC(N3CCC(Oc4cccc(N5[C@@H]6CC[C@H]5CN(c5cc(-c7ccccc7O)nnc5N)C6)c4)CC3)CC2)c1)[C@@H]1CCC(=O)NC1=O. The molecule has 2 amide bonds. The van der Waals surface area contributed by atoms with Gasteiger partial charge in [-0.2, -0.15) is 0 Å². The molecule has 4 N–H and O–H groups in total. The van der Waals surface area contributed by atoms with Gasteiger partial charge in [-0.25, -0.2) is 0 Å². The van der Waals surface area contributed by atoms with Crippen molar-refractivity contribution in [3.8, 4) is 22.8 Å². The lowest BCUT2D eigenvalue weighted by Gasteiger charge is -2.44. The Morgan fingerprint density at radius 3 is 2.26 bits per heavy atom. The minimum Gasteiger partial charge on any atom is -0.507 e. The molecule has 3 aromatic carbocycles. The number of hydrogen-bond acceptors (Lipinski definition) is 12. The minimum absolute atomic E-state index is 0.176. The third-order valence-corrected chi connectivity index (χ3v) is 13.0. The number of hydrogen-bond donors (Lipinski definition) is 3. The van der Waals surface area contributed by atoms with E-state index < -0.39 is 0 Å². The summed E-state index contributed by atoms with van der Waals surface area (Å²) >= 11 is 0. The fraction of sp³-hybridized carbons (Fsp3) is 0.455. The number of carbonyl (C=O) groups excluding carboxylic acids is 2. The second kappa shape index (κ2) is 15.8. The lowest BCUT2D eigenvalue weighted by Crippen LogP contribution is -2.54. The van der Waals surface area contributed by atoms with Crippen LogP contribution < -0.4 is 35.4 Å². The number of piperidine rings is 3. The molecular weight excluding hydrogens is 719 g/mol. The summed E-state index contributed by atoms with van der Waals surface area (Å²) in [4.78, 5) is 36.2. The quantitative estimate of drug-likeness (QED) is 0.196. The number of likely N-dealkylation sites (tertiary alicyclic amines) is 1. The normalized spacial score (nSPS) is 23.5. The van der Waals surface area contributed by atoms with E-state index in [4.69, 9.17) is 10.5 Å². The molecule has 9 rings (SSSR count). The Labute approximate surface area is 334 Å². The first-order valence-corrected chi connectivity index (χ1v) is 20.6. The van der Waals surface area contributed by atoms with E-state index in [-0.39, 0.29) is 29.7 Å². The van der Waals surface area contributed by atoms with Crippen LogP contribution in [0.3, 0.4) is 0 Å². The number of ether oxygens (including phenoxy) is 1.